The second-order valence-electron chi connectivity index (χ2n) is 3.16. The Balaban J connectivity index is 0.00000144. The van der Waals surface area contributed by atoms with Crippen molar-refractivity contribution < 1.29 is 64.4 Å². The zero-order valence-electron chi connectivity index (χ0n) is 9.25. The monoisotopic (exact) mass is 297 g/mol. The van der Waals surface area contributed by atoms with E-state index in [1.807, 2.05) is 0 Å². The average molecular weight is 297 g/mol. The Labute approximate surface area is 144 Å². The average Bonchev–Trinajstić information content (AvgIpc) is 2.54. The molecule has 1 aromatic heterocycles. The van der Waals surface area contributed by atoms with Gasteiger partial charge in [-0.15, -0.1) is 0 Å². The van der Waals surface area contributed by atoms with Gasteiger partial charge in [0.15, 0.2) is 0 Å². The fraction of sp³-hybridized carbons (Fsp3) is 0.125. The third-order valence-electron chi connectivity index (χ3n) is 2.18. The van der Waals surface area contributed by atoms with Gasteiger partial charge in [-0.3, -0.25) is 0 Å². The molecule has 6 nitrogen and oxygen atoms in total. The van der Waals surface area contributed by atoms with Crippen molar-refractivity contribution in [3.05, 3.63) is 23.0 Å². The predicted octanol–water partition coefficient (Wildman–Crippen LogP) is -3.08. The summed E-state index contributed by atoms with van der Waals surface area (Å²) in [6, 6.07) is 4.17. The van der Waals surface area contributed by atoms with Crippen LogP contribution in [0.2, 0.25) is 0 Å². The van der Waals surface area contributed by atoms with Gasteiger partial charge < -0.3 is 15.0 Å². The standard InChI is InChI=1S/C8H9N3O3S2.K/c1-11-6-3-2-5(16(12,13)14)4-7(6)15-8(11)10-9;/h2-4H,9H2,1H3,(H,12,13,14);/q;+1/p-1/b10-8+;. The van der Waals surface area contributed by atoms with E-state index >= 15 is 0 Å². The topological polar surface area (TPSA) is 101 Å². The molecular formula is C8H8KN3O3S2. The van der Waals surface area contributed by atoms with Gasteiger partial charge in [-0.2, -0.15) is 5.10 Å². The maximum Gasteiger partial charge on any atom is 1.00 e. The summed E-state index contributed by atoms with van der Waals surface area (Å²) in [5, 5.41) is 3.55. The maximum atomic E-state index is 10.8. The van der Waals surface area contributed by atoms with Crippen molar-refractivity contribution in [2.24, 2.45) is 18.0 Å². The molecule has 0 aliphatic carbocycles. The van der Waals surface area contributed by atoms with Gasteiger partial charge in [0.1, 0.15) is 10.1 Å². The summed E-state index contributed by atoms with van der Waals surface area (Å²) in [6.07, 6.45) is 0. The molecule has 9 heteroatoms. The largest absolute Gasteiger partial charge is 1.00 e. The molecule has 2 aromatic rings. The van der Waals surface area contributed by atoms with Crippen LogP contribution < -0.4 is 62.0 Å². The minimum atomic E-state index is -4.42. The van der Waals surface area contributed by atoms with Crippen molar-refractivity contribution >= 4 is 31.7 Å². The quantitative estimate of drug-likeness (QED) is 0.261. The van der Waals surface area contributed by atoms with Crippen molar-refractivity contribution in [3.63, 3.8) is 0 Å². The van der Waals surface area contributed by atoms with Crippen LogP contribution in [0.25, 0.3) is 10.2 Å². The smallest absolute Gasteiger partial charge is 0.744 e. The van der Waals surface area contributed by atoms with Crippen LogP contribution in [-0.2, 0) is 17.2 Å². The molecule has 1 heterocycles. The fourth-order valence-electron chi connectivity index (χ4n) is 1.39. The molecule has 1 aromatic carbocycles. The van der Waals surface area contributed by atoms with Crippen molar-refractivity contribution in [3.8, 4) is 0 Å². The van der Waals surface area contributed by atoms with Gasteiger partial charge in [0.05, 0.1) is 15.1 Å². The molecule has 0 unspecified atom stereocenters. The molecular weight excluding hydrogens is 289 g/mol. The molecule has 0 fully saturated rings. The summed E-state index contributed by atoms with van der Waals surface area (Å²) in [4.78, 5) is 0.306. The number of aryl methyl sites for hydroxylation is 1. The number of hydrogen-bond donors (Lipinski definition) is 1. The molecule has 2 rings (SSSR count). The number of benzene rings is 1. The second kappa shape index (κ2) is 5.49. The second-order valence-corrected chi connectivity index (χ2v) is 5.55. The number of rotatable bonds is 1. The molecule has 0 aliphatic heterocycles. The summed E-state index contributed by atoms with van der Waals surface area (Å²) in [5.74, 6) is 5.17. The van der Waals surface area contributed by atoms with E-state index in [9.17, 15) is 13.0 Å². The first kappa shape index (κ1) is 15.3. The Morgan fingerprint density at radius 2 is 2.12 bits per heavy atom. The third-order valence-corrected chi connectivity index (χ3v) is 4.12. The maximum absolute atomic E-state index is 10.8. The van der Waals surface area contributed by atoms with E-state index in [4.69, 9.17) is 5.84 Å². The predicted molar refractivity (Wildman–Crippen MR) is 58.5 cm³/mol. The summed E-state index contributed by atoms with van der Waals surface area (Å²) < 4.78 is 34.9. The number of aromatic nitrogens is 1. The molecule has 0 spiro atoms. The van der Waals surface area contributed by atoms with Gasteiger partial charge in [-0.25, -0.2) is 8.42 Å². The minimum Gasteiger partial charge on any atom is -0.744 e. The summed E-state index contributed by atoms with van der Waals surface area (Å²) in [7, 11) is -2.66. The Kier molecular flexibility index (Phi) is 4.94. The molecule has 0 saturated heterocycles. The van der Waals surface area contributed by atoms with Gasteiger partial charge in [-0.05, 0) is 18.2 Å². The number of hydrogen-bond acceptors (Lipinski definition) is 6. The van der Waals surface area contributed by atoms with Crippen LogP contribution in [-0.4, -0.2) is 17.5 Å². The Bertz CT molecular complexity index is 717. The van der Waals surface area contributed by atoms with Crippen molar-refractivity contribution in [2.75, 3.05) is 0 Å². The van der Waals surface area contributed by atoms with Crippen LogP contribution >= 0.6 is 11.3 Å². The van der Waals surface area contributed by atoms with E-state index in [1.165, 1.54) is 23.5 Å². The zero-order valence-corrected chi connectivity index (χ0v) is 14.0. The molecule has 0 atom stereocenters. The summed E-state index contributed by atoms with van der Waals surface area (Å²) >= 11 is 1.22. The normalized spacial score (nSPS) is 12.7. The first-order valence-corrected chi connectivity index (χ1v) is 6.45. The molecule has 17 heavy (non-hydrogen) atoms. The van der Waals surface area contributed by atoms with Gasteiger partial charge in [0.2, 0.25) is 4.80 Å². The Hall–Kier alpha value is 0.256. The molecule has 2 N–H and O–H groups in total. The van der Waals surface area contributed by atoms with Gasteiger partial charge in [-0.1, -0.05) is 11.3 Å². The van der Waals surface area contributed by atoms with Crippen LogP contribution in [0.4, 0.5) is 0 Å². The van der Waals surface area contributed by atoms with Crippen molar-refractivity contribution in [1.82, 2.24) is 4.57 Å². The van der Waals surface area contributed by atoms with Crippen LogP contribution in [0.1, 0.15) is 0 Å². The molecule has 0 aliphatic rings. The van der Waals surface area contributed by atoms with Gasteiger partial charge >= 0.3 is 51.4 Å². The third kappa shape index (κ3) is 2.99. The van der Waals surface area contributed by atoms with Crippen LogP contribution in [0.3, 0.4) is 0 Å². The number of fused-ring (bicyclic) bond motifs is 1. The van der Waals surface area contributed by atoms with E-state index in [2.05, 4.69) is 5.10 Å². The van der Waals surface area contributed by atoms with Crippen molar-refractivity contribution in [2.45, 2.75) is 4.90 Å². The first-order valence-electron chi connectivity index (χ1n) is 4.23. The minimum absolute atomic E-state index is 0. The van der Waals surface area contributed by atoms with E-state index in [0.717, 1.165) is 5.52 Å². The summed E-state index contributed by atoms with van der Waals surface area (Å²) in [6.45, 7) is 0. The number of thiazole rings is 1. The molecule has 0 amide bonds. The van der Waals surface area contributed by atoms with E-state index in [1.54, 1.807) is 17.7 Å². The Morgan fingerprint density at radius 1 is 1.47 bits per heavy atom. The molecule has 0 bridgehead atoms. The zero-order chi connectivity index (χ0) is 11.9. The molecule has 0 radical (unpaired) electrons. The van der Waals surface area contributed by atoms with Crippen LogP contribution in [0.5, 0.6) is 0 Å². The number of nitrogens with zero attached hydrogens (tertiary/aromatic N) is 2. The molecule has 0 saturated carbocycles. The SMILES string of the molecule is Cn1/c(=N\N)sc2cc(S(=O)(=O)[O-])ccc21.[K+]. The van der Waals surface area contributed by atoms with Crippen LogP contribution in [0.15, 0.2) is 28.2 Å². The van der Waals surface area contributed by atoms with E-state index in [0.29, 0.717) is 9.50 Å². The summed E-state index contributed by atoms with van der Waals surface area (Å²) in [5.41, 5.74) is 0.779. The van der Waals surface area contributed by atoms with Crippen LogP contribution in [0, 0.1) is 0 Å². The number of nitrogens with two attached hydrogens (primary N) is 1. The first-order chi connectivity index (χ1) is 7.43. The fourth-order valence-corrected chi connectivity index (χ4v) is 2.94. The van der Waals surface area contributed by atoms with E-state index in [-0.39, 0.29) is 56.3 Å². The van der Waals surface area contributed by atoms with Gasteiger partial charge in [0.25, 0.3) is 0 Å². The van der Waals surface area contributed by atoms with E-state index < -0.39 is 10.1 Å². The van der Waals surface area contributed by atoms with Crippen molar-refractivity contribution in [1.29, 1.82) is 0 Å². The molecule has 86 valence electrons. The Morgan fingerprint density at radius 3 is 2.65 bits per heavy atom. The van der Waals surface area contributed by atoms with Gasteiger partial charge in [0, 0.05) is 7.05 Å².